The Balaban J connectivity index is 2.05. The quantitative estimate of drug-likeness (QED) is 0.653. The largest absolute Gasteiger partial charge is 0.459 e. The molecule has 4 heteroatoms. The Morgan fingerprint density at radius 2 is 1.95 bits per heavy atom. The molecule has 7 atom stereocenters. The van der Waals surface area contributed by atoms with Crippen LogP contribution in [-0.4, -0.2) is 34.0 Å². The van der Waals surface area contributed by atoms with E-state index in [2.05, 4.69) is 0 Å². The predicted molar refractivity (Wildman–Crippen MR) is 69.2 cm³/mol. The number of aliphatic hydroxyl groups excluding tert-OH is 1. The van der Waals surface area contributed by atoms with Crippen molar-refractivity contribution in [1.82, 2.24) is 0 Å². The van der Waals surface area contributed by atoms with Crippen molar-refractivity contribution in [2.75, 3.05) is 0 Å². The minimum atomic E-state index is -1.09. The number of fused-ring (bicyclic) bond motifs is 3. The zero-order valence-electron chi connectivity index (χ0n) is 11.9. The topological polar surface area (TPSA) is 66.8 Å². The molecule has 0 aromatic heterocycles. The zero-order chi connectivity index (χ0) is 14.0. The van der Waals surface area contributed by atoms with E-state index in [1.807, 2.05) is 20.8 Å². The molecule has 0 bridgehead atoms. The van der Waals surface area contributed by atoms with Crippen molar-refractivity contribution in [2.24, 2.45) is 23.2 Å². The first kappa shape index (κ1) is 13.4. The van der Waals surface area contributed by atoms with Gasteiger partial charge in [0.1, 0.15) is 11.7 Å². The van der Waals surface area contributed by atoms with Crippen molar-refractivity contribution in [1.29, 1.82) is 0 Å². The van der Waals surface area contributed by atoms with Crippen molar-refractivity contribution in [3.63, 3.8) is 0 Å². The van der Waals surface area contributed by atoms with Gasteiger partial charge in [0.05, 0.1) is 12.0 Å². The van der Waals surface area contributed by atoms with Crippen LogP contribution in [0, 0.1) is 23.2 Å². The Hall–Kier alpha value is -0.610. The van der Waals surface area contributed by atoms with Crippen LogP contribution in [0.2, 0.25) is 0 Å². The van der Waals surface area contributed by atoms with E-state index in [1.54, 1.807) is 0 Å². The molecule has 2 aliphatic carbocycles. The Labute approximate surface area is 114 Å². The van der Waals surface area contributed by atoms with Crippen molar-refractivity contribution in [2.45, 2.75) is 64.3 Å². The van der Waals surface area contributed by atoms with Crippen LogP contribution in [0.5, 0.6) is 0 Å². The molecule has 19 heavy (non-hydrogen) atoms. The lowest BCUT2D eigenvalue weighted by Crippen LogP contribution is -2.69. The number of aliphatic hydroxyl groups is 2. The van der Waals surface area contributed by atoms with Gasteiger partial charge >= 0.3 is 5.97 Å². The molecule has 1 aliphatic heterocycles. The summed E-state index contributed by atoms with van der Waals surface area (Å²) in [6.45, 7) is 5.87. The van der Waals surface area contributed by atoms with Crippen LogP contribution in [0.1, 0.15) is 46.5 Å². The third-order valence-electron chi connectivity index (χ3n) is 6.35. The van der Waals surface area contributed by atoms with Crippen LogP contribution in [-0.2, 0) is 9.53 Å². The fourth-order valence-corrected chi connectivity index (χ4v) is 4.79. The molecule has 108 valence electrons. The van der Waals surface area contributed by atoms with E-state index in [0.717, 1.165) is 25.7 Å². The molecule has 0 aromatic carbocycles. The summed E-state index contributed by atoms with van der Waals surface area (Å²) in [6, 6.07) is 0. The van der Waals surface area contributed by atoms with Gasteiger partial charge < -0.3 is 14.9 Å². The SMILES string of the molecule is C[C@H]1C(=O)O[C@H]2[C@H]1CC[C@@]1(C)[C@H](O)CC[C@H](C)[C@]21O. The van der Waals surface area contributed by atoms with Gasteiger partial charge in [-0.1, -0.05) is 20.8 Å². The van der Waals surface area contributed by atoms with E-state index in [1.165, 1.54) is 0 Å². The molecule has 2 N–H and O–H groups in total. The van der Waals surface area contributed by atoms with E-state index in [-0.39, 0.29) is 23.7 Å². The van der Waals surface area contributed by atoms with Crippen LogP contribution in [0.4, 0.5) is 0 Å². The Morgan fingerprint density at radius 1 is 1.26 bits per heavy atom. The third kappa shape index (κ3) is 1.44. The second-order valence-electron chi connectivity index (χ2n) is 7.09. The van der Waals surface area contributed by atoms with Gasteiger partial charge in [-0.15, -0.1) is 0 Å². The normalized spacial score (nSPS) is 57.3. The van der Waals surface area contributed by atoms with Crippen LogP contribution in [0.25, 0.3) is 0 Å². The van der Waals surface area contributed by atoms with Crippen LogP contribution in [0.3, 0.4) is 0 Å². The lowest BCUT2D eigenvalue weighted by Gasteiger charge is -2.60. The summed E-state index contributed by atoms with van der Waals surface area (Å²) >= 11 is 0. The smallest absolute Gasteiger partial charge is 0.309 e. The summed E-state index contributed by atoms with van der Waals surface area (Å²) in [6.07, 6.45) is 2.16. The van der Waals surface area contributed by atoms with E-state index >= 15 is 0 Å². The average molecular weight is 268 g/mol. The van der Waals surface area contributed by atoms with Gasteiger partial charge in [0.15, 0.2) is 0 Å². The molecular formula is C15H24O4. The highest BCUT2D eigenvalue weighted by molar-refractivity contribution is 5.75. The number of carbonyl (C=O) groups is 1. The molecule has 0 unspecified atom stereocenters. The van der Waals surface area contributed by atoms with Crippen molar-refractivity contribution in [3.8, 4) is 0 Å². The van der Waals surface area contributed by atoms with Gasteiger partial charge in [-0.25, -0.2) is 0 Å². The minimum Gasteiger partial charge on any atom is -0.459 e. The van der Waals surface area contributed by atoms with Crippen molar-refractivity contribution < 1.29 is 19.7 Å². The number of rotatable bonds is 0. The Morgan fingerprint density at radius 3 is 2.63 bits per heavy atom. The number of carbonyl (C=O) groups excluding carboxylic acids is 1. The standard InChI is InChI=1S/C15H24O4/c1-8-4-5-11(16)14(3)7-6-10-9(2)13(17)19-12(10)15(8,14)18/h8-12,16,18H,4-7H2,1-3H3/t8-,9+,10-,11+,12-,14-,15-/m0/s1. The first-order valence-corrected chi connectivity index (χ1v) is 7.43. The van der Waals surface area contributed by atoms with Gasteiger partial charge in [0.25, 0.3) is 0 Å². The lowest BCUT2D eigenvalue weighted by molar-refractivity contribution is -0.262. The molecule has 4 nitrogen and oxygen atoms in total. The van der Waals surface area contributed by atoms with Gasteiger partial charge in [-0.05, 0) is 31.6 Å². The van der Waals surface area contributed by atoms with Crippen LogP contribution >= 0.6 is 0 Å². The summed E-state index contributed by atoms with van der Waals surface area (Å²) in [5, 5.41) is 21.8. The Bertz CT molecular complexity index is 409. The van der Waals surface area contributed by atoms with Crippen LogP contribution < -0.4 is 0 Å². The molecule has 0 aromatic rings. The third-order valence-corrected chi connectivity index (χ3v) is 6.35. The summed E-state index contributed by atoms with van der Waals surface area (Å²) in [5.74, 6) is -0.185. The minimum absolute atomic E-state index is 0.0480. The molecular weight excluding hydrogens is 244 g/mol. The fourth-order valence-electron chi connectivity index (χ4n) is 4.79. The Kier molecular flexibility index (Phi) is 2.78. The first-order chi connectivity index (χ1) is 8.82. The molecule has 3 aliphatic rings. The summed E-state index contributed by atoms with van der Waals surface area (Å²) in [5.41, 5.74) is -1.65. The molecule has 1 heterocycles. The van der Waals surface area contributed by atoms with Gasteiger partial charge in [-0.2, -0.15) is 0 Å². The van der Waals surface area contributed by atoms with Crippen molar-refractivity contribution >= 4 is 5.97 Å². The second-order valence-corrected chi connectivity index (χ2v) is 7.09. The molecule has 3 rings (SSSR count). The molecule has 0 spiro atoms. The van der Waals surface area contributed by atoms with E-state index < -0.39 is 23.2 Å². The number of hydrogen-bond donors (Lipinski definition) is 2. The highest BCUT2D eigenvalue weighted by Crippen LogP contribution is 2.60. The molecule has 0 amide bonds. The maximum absolute atomic E-state index is 11.9. The lowest BCUT2D eigenvalue weighted by atomic mass is 9.49. The van der Waals surface area contributed by atoms with E-state index in [4.69, 9.17) is 4.74 Å². The van der Waals surface area contributed by atoms with Gasteiger partial charge in [0, 0.05) is 11.3 Å². The summed E-state index contributed by atoms with van der Waals surface area (Å²) in [7, 11) is 0. The van der Waals surface area contributed by atoms with E-state index in [9.17, 15) is 15.0 Å². The van der Waals surface area contributed by atoms with Crippen molar-refractivity contribution in [3.05, 3.63) is 0 Å². The van der Waals surface area contributed by atoms with E-state index in [0.29, 0.717) is 0 Å². The molecule has 0 radical (unpaired) electrons. The number of esters is 1. The number of hydrogen-bond acceptors (Lipinski definition) is 4. The first-order valence-electron chi connectivity index (χ1n) is 7.43. The second kappa shape index (κ2) is 3.95. The van der Waals surface area contributed by atoms with Gasteiger partial charge in [-0.3, -0.25) is 4.79 Å². The molecule has 1 saturated heterocycles. The monoisotopic (exact) mass is 268 g/mol. The highest BCUT2D eigenvalue weighted by atomic mass is 16.6. The van der Waals surface area contributed by atoms with Crippen LogP contribution in [0.15, 0.2) is 0 Å². The van der Waals surface area contributed by atoms with Gasteiger partial charge in [0.2, 0.25) is 0 Å². The predicted octanol–water partition coefficient (Wildman–Crippen LogP) is 1.49. The molecule has 2 saturated carbocycles. The maximum Gasteiger partial charge on any atom is 0.309 e. The summed E-state index contributed by atoms with van der Waals surface area (Å²) in [4.78, 5) is 11.9. The maximum atomic E-state index is 11.9. The summed E-state index contributed by atoms with van der Waals surface area (Å²) < 4.78 is 5.53. The highest BCUT2D eigenvalue weighted by Gasteiger charge is 2.68. The zero-order valence-corrected chi connectivity index (χ0v) is 11.9. The fraction of sp³-hybridized carbons (Fsp3) is 0.933. The number of ether oxygens (including phenoxy) is 1. The average Bonchev–Trinajstić information content (AvgIpc) is 2.66. The molecule has 3 fully saturated rings.